The third-order valence-corrected chi connectivity index (χ3v) is 6.67. The highest BCUT2D eigenvalue weighted by molar-refractivity contribution is 6.33. The van der Waals surface area contributed by atoms with Gasteiger partial charge in [0.1, 0.15) is 0 Å². The second-order valence-electron chi connectivity index (χ2n) is 8.54. The van der Waals surface area contributed by atoms with Gasteiger partial charge in [-0.05, 0) is 61.4 Å². The molecule has 1 aliphatic heterocycles. The lowest BCUT2D eigenvalue weighted by Crippen LogP contribution is -2.45. The van der Waals surface area contributed by atoms with Crippen molar-refractivity contribution >= 4 is 17.5 Å². The molecule has 0 aliphatic carbocycles. The average Bonchev–Trinajstić information content (AvgIpc) is 2.81. The fraction of sp³-hybridized carbons (Fsp3) is 0.480. The number of alkyl halides is 3. The fourth-order valence-electron chi connectivity index (χ4n) is 4.60. The van der Waals surface area contributed by atoms with Crippen LogP contribution in [-0.4, -0.2) is 36.8 Å². The Kier molecular flexibility index (Phi) is 8.43. The highest BCUT2D eigenvalue weighted by atomic mass is 35.5. The number of carbonyl (C=O) groups is 1. The number of benzene rings is 2. The summed E-state index contributed by atoms with van der Waals surface area (Å²) in [6.45, 7) is 3.33. The van der Waals surface area contributed by atoms with E-state index in [1.54, 1.807) is 12.1 Å². The number of aliphatic hydroxyl groups is 1. The van der Waals surface area contributed by atoms with Gasteiger partial charge in [0.25, 0.3) is 0 Å². The summed E-state index contributed by atoms with van der Waals surface area (Å²) >= 11 is 6.65. The number of hydrogen-bond acceptors (Lipinski definition) is 3. The maximum Gasteiger partial charge on any atom is 0.471 e. The van der Waals surface area contributed by atoms with Gasteiger partial charge in [-0.15, -0.1) is 0 Å². The Morgan fingerprint density at radius 3 is 2.67 bits per heavy atom. The van der Waals surface area contributed by atoms with E-state index in [1.165, 1.54) is 0 Å². The summed E-state index contributed by atoms with van der Waals surface area (Å²) in [5.41, 5.74) is 2.11. The molecular formula is C25H30ClF3N2O2. The Labute approximate surface area is 197 Å². The van der Waals surface area contributed by atoms with Gasteiger partial charge in [0.2, 0.25) is 0 Å². The molecule has 8 heteroatoms. The van der Waals surface area contributed by atoms with Gasteiger partial charge in [-0.25, -0.2) is 0 Å². The lowest BCUT2D eigenvalue weighted by Gasteiger charge is -2.40. The number of hydrogen-bond donors (Lipinski definition) is 3. The highest BCUT2D eigenvalue weighted by Gasteiger charge is 2.41. The number of nitrogens with one attached hydrogen (secondary N) is 2. The van der Waals surface area contributed by atoms with Crippen molar-refractivity contribution in [3.05, 3.63) is 58.6 Å². The lowest BCUT2D eigenvalue weighted by molar-refractivity contribution is -0.173. The minimum atomic E-state index is -4.92. The maximum absolute atomic E-state index is 12.5. The van der Waals surface area contributed by atoms with Gasteiger partial charge in [-0.3, -0.25) is 4.79 Å². The SMILES string of the molecule is CCc1cccc(-c2c(Cl)cccc2C(O)(CCCNC(=O)C(F)(F)F)C2CCCNC2)c1. The lowest BCUT2D eigenvalue weighted by atomic mass is 9.72. The van der Waals surface area contributed by atoms with Gasteiger partial charge in [-0.1, -0.05) is 54.9 Å². The van der Waals surface area contributed by atoms with Crippen LogP contribution in [0.15, 0.2) is 42.5 Å². The zero-order valence-electron chi connectivity index (χ0n) is 18.6. The van der Waals surface area contributed by atoms with Crippen molar-refractivity contribution in [2.45, 2.75) is 50.8 Å². The van der Waals surface area contributed by atoms with Crippen molar-refractivity contribution in [1.29, 1.82) is 0 Å². The monoisotopic (exact) mass is 482 g/mol. The number of halogens is 4. The molecule has 1 amide bonds. The molecule has 1 saturated heterocycles. The van der Waals surface area contributed by atoms with Gasteiger partial charge >= 0.3 is 12.1 Å². The first kappa shape index (κ1) is 25.5. The minimum Gasteiger partial charge on any atom is -0.385 e. The minimum absolute atomic E-state index is 0.142. The summed E-state index contributed by atoms with van der Waals surface area (Å²) in [6.07, 6.45) is -2.02. The van der Waals surface area contributed by atoms with E-state index in [-0.39, 0.29) is 25.3 Å². The molecule has 0 saturated carbocycles. The summed E-state index contributed by atoms with van der Waals surface area (Å²) in [5, 5.41) is 17.8. The smallest absolute Gasteiger partial charge is 0.385 e. The summed E-state index contributed by atoms with van der Waals surface area (Å²) in [7, 11) is 0. The van der Waals surface area contributed by atoms with Crippen LogP contribution in [0.5, 0.6) is 0 Å². The first-order valence-corrected chi connectivity index (χ1v) is 11.7. The van der Waals surface area contributed by atoms with Crippen LogP contribution in [0, 0.1) is 5.92 Å². The first-order valence-electron chi connectivity index (χ1n) is 11.3. The van der Waals surface area contributed by atoms with E-state index in [9.17, 15) is 23.1 Å². The van der Waals surface area contributed by atoms with Gasteiger partial charge < -0.3 is 15.7 Å². The Balaban J connectivity index is 1.95. The van der Waals surface area contributed by atoms with Crippen molar-refractivity contribution in [3.63, 3.8) is 0 Å². The number of rotatable bonds is 8. The molecule has 180 valence electrons. The number of carbonyl (C=O) groups excluding carboxylic acids is 1. The second kappa shape index (κ2) is 10.9. The molecule has 1 fully saturated rings. The van der Waals surface area contributed by atoms with E-state index in [1.807, 2.05) is 35.6 Å². The van der Waals surface area contributed by atoms with E-state index >= 15 is 0 Å². The average molecular weight is 483 g/mol. The van der Waals surface area contributed by atoms with Crippen molar-refractivity contribution < 1.29 is 23.1 Å². The molecule has 2 aromatic rings. The van der Waals surface area contributed by atoms with Crippen LogP contribution in [0.4, 0.5) is 13.2 Å². The molecule has 4 nitrogen and oxygen atoms in total. The van der Waals surface area contributed by atoms with E-state index < -0.39 is 17.7 Å². The molecule has 2 aromatic carbocycles. The third kappa shape index (κ3) is 6.08. The summed E-state index contributed by atoms with van der Waals surface area (Å²) in [6, 6.07) is 13.4. The zero-order chi connectivity index (χ0) is 24.1. The molecule has 33 heavy (non-hydrogen) atoms. The Morgan fingerprint density at radius 2 is 2.00 bits per heavy atom. The quantitative estimate of drug-likeness (QED) is 0.452. The summed E-state index contributed by atoms with van der Waals surface area (Å²) in [5.74, 6) is -2.11. The molecule has 3 rings (SSSR count). The molecule has 3 N–H and O–H groups in total. The normalized spacial score (nSPS) is 18.5. The van der Waals surface area contributed by atoms with Crippen LogP contribution in [0.2, 0.25) is 5.02 Å². The predicted octanol–water partition coefficient (Wildman–Crippen LogP) is 5.22. The van der Waals surface area contributed by atoms with Crippen molar-refractivity contribution in [3.8, 4) is 11.1 Å². The van der Waals surface area contributed by atoms with Gasteiger partial charge in [0.15, 0.2) is 0 Å². The molecule has 0 radical (unpaired) electrons. The Morgan fingerprint density at radius 1 is 1.24 bits per heavy atom. The third-order valence-electron chi connectivity index (χ3n) is 6.35. The van der Waals surface area contributed by atoms with Crippen molar-refractivity contribution in [2.24, 2.45) is 5.92 Å². The van der Waals surface area contributed by atoms with Crippen LogP contribution < -0.4 is 10.6 Å². The zero-order valence-corrected chi connectivity index (χ0v) is 19.4. The topological polar surface area (TPSA) is 61.4 Å². The van der Waals surface area contributed by atoms with Crippen LogP contribution in [0.3, 0.4) is 0 Å². The van der Waals surface area contributed by atoms with Crippen molar-refractivity contribution in [2.75, 3.05) is 19.6 Å². The van der Waals surface area contributed by atoms with Crippen LogP contribution in [0.1, 0.15) is 43.7 Å². The highest BCUT2D eigenvalue weighted by Crippen LogP contribution is 2.44. The predicted molar refractivity (Wildman–Crippen MR) is 124 cm³/mol. The number of amides is 1. The van der Waals surface area contributed by atoms with E-state index in [2.05, 4.69) is 12.2 Å². The van der Waals surface area contributed by atoms with Gasteiger partial charge in [0, 0.05) is 29.6 Å². The summed E-state index contributed by atoms with van der Waals surface area (Å²) < 4.78 is 37.6. The van der Waals surface area contributed by atoms with Crippen LogP contribution in [0.25, 0.3) is 11.1 Å². The molecule has 2 atom stereocenters. The maximum atomic E-state index is 12.5. The van der Waals surface area contributed by atoms with Gasteiger partial charge in [0.05, 0.1) is 5.60 Å². The molecule has 1 aliphatic rings. The fourth-order valence-corrected chi connectivity index (χ4v) is 4.89. The van der Waals surface area contributed by atoms with E-state index in [4.69, 9.17) is 11.6 Å². The summed E-state index contributed by atoms with van der Waals surface area (Å²) in [4.78, 5) is 11.2. The van der Waals surface area contributed by atoms with E-state index in [0.717, 1.165) is 42.5 Å². The molecular weight excluding hydrogens is 453 g/mol. The number of piperidine rings is 1. The van der Waals surface area contributed by atoms with Crippen LogP contribution >= 0.6 is 11.6 Å². The second-order valence-corrected chi connectivity index (χ2v) is 8.95. The van der Waals surface area contributed by atoms with Crippen LogP contribution in [-0.2, 0) is 16.8 Å². The first-order chi connectivity index (χ1) is 15.7. The molecule has 2 unspecified atom stereocenters. The Bertz CT molecular complexity index is 961. The van der Waals surface area contributed by atoms with E-state index in [0.29, 0.717) is 17.1 Å². The number of aryl methyl sites for hydroxylation is 1. The molecule has 0 spiro atoms. The molecule has 1 heterocycles. The van der Waals surface area contributed by atoms with Gasteiger partial charge in [-0.2, -0.15) is 13.2 Å². The largest absolute Gasteiger partial charge is 0.471 e. The standard InChI is InChI=1S/C25H30ClF3N2O2/c1-2-17-7-3-8-18(15-17)22-20(10-4-11-21(22)26)24(33,19-9-5-13-30-16-19)12-6-14-31-23(32)25(27,28)29/h3-4,7-8,10-11,15,19,30,33H,2,5-6,9,12-14,16H2,1H3,(H,31,32). The Hall–Kier alpha value is -2.09. The molecule has 0 bridgehead atoms. The molecule has 0 aromatic heterocycles. The van der Waals surface area contributed by atoms with Crippen molar-refractivity contribution in [1.82, 2.24) is 10.6 Å².